The zero-order valence-corrected chi connectivity index (χ0v) is 15.6. The van der Waals surface area contributed by atoms with Gasteiger partial charge in [0.15, 0.2) is 0 Å². The van der Waals surface area contributed by atoms with E-state index in [0.29, 0.717) is 16.8 Å². The molecule has 0 amide bonds. The van der Waals surface area contributed by atoms with Crippen molar-refractivity contribution >= 4 is 11.8 Å². The number of likely N-dealkylation sites (tertiary alicyclic amines) is 1. The summed E-state index contributed by atoms with van der Waals surface area (Å²) in [5.41, 5.74) is 0. The molecule has 0 saturated carbocycles. The molecule has 2 heterocycles. The molecule has 1 aromatic heterocycles. The standard InChI is InChI=1S/C18H32N2OS/c1-14(13-22-18(3,4)5)19-12-16(20-10-6-7-11-20)17-9-8-15(2)21-17/h8-9,14,16,19H,6-7,10-13H2,1-5H3/t14-,16+/m0/s1. The first-order chi connectivity index (χ1) is 10.3. The topological polar surface area (TPSA) is 28.4 Å². The summed E-state index contributed by atoms with van der Waals surface area (Å²) >= 11 is 2.03. The van der Waals surface area contributed by atoms with Crippen molar-refractivity contribution in [1.29, 1.82) is 0 Å². The number of nitrogens with one attached hydrogen (secondary N) is 1. The maximum Gasteiger partial charge on any atom is 0.122 e. The molecule has 1 aromatic rings. The fraction of sp³-hybridized carbons (Fsp3) is 0.778. The molecule has 1 saturated heterocycles. The third-order valence-electron chi connectivity index (χ3n) is 4.10. The van der Waals surface area contributed by atoms with Gasteiger partial charge in [-0.3, -0.25) is 4.90 Å². The molecular weight excluding hydrogens is 292 g/mol. The summed E-state index contributed by atoms with van der Waals surface area (Å²) in [4.78, 5) is 2.56. The van der Waals surface area contributed by atoms with Crippen LogP contribution < -0.4 is 5.32 Å². The Bertz CT molecular complexity index is 446. The van der Waals surface area contributed by atoms with Gasteiger partial charge in [0.1, 0.15) is 11.5 Å². The summed E-state index contributed by atoms with van der Waals surface area (Å²) in [6.07, 6.45) is 2.62. The first kappa shape index (κ1) is 17.9. The van der Waals surface area contributed by atoms with Crippen molar-refractivity contribution in [3.05, 3.63) is 23.7 Å². The quantitative estimate of drug-likeness (QED) is 0.812. The smallest absolute Gasteiger partial charge is 0.122 e. The molecule has 0 aliphatic carbocycles. The highest BCUT2D eigenvalue weighted by Crippen LogP contribution is 2.27. The molecule has 0 aromatic carbocycles. The van der Waals surface area contributed by atoms with Crippen LogP contribution in [0.2, 0.25) is 0 Å². The van der Waals surface area contributed by atoms with Gasteiger partial charge in [-0.05, 0) is 51.9 Å². The van der Waals surface area contributed by atoms with Crippen LogP contribution in [-0.4, -0.2) is 41.1 Å². The van der Waals surface area contributed by atoms with Gasteiger partial charge in [-0.25, -0.2) is 0 Å². The molecule has 126 valence electrons. The van der Waals surface area contributed by atoms with Crippen LogP contribution in [0.5, 0.6) is 0 Å². The van der Waals surface area contributed by atoms with Crippen molar-refractivity contribution in [2.75, 3.05) is 25.4 Å². The van der Waals surface area contributed by atoms with Crippen LogP contribution in [0.15, 0.2) is 16.5 Å². The molecule has 0 bridgehead atoms. The van der Waals surface area contributed by atoms with Crippen LogP contribution >= 0.6 is 11.8 Å². The molecule has 2 rings (SSSR count). The van der Waals surface area contributed by atoms with E-state index in [-0.39, 0.29) is 0 Å². The van der Waals surface area contributed by atoms with Crippen LogP contribution in [-0.2, 0) is 0 Å². The van der Waals surface area contributed by atoms with E-state index in [1.165, 1.54) is 25.9 Å². The van der Waals surface area contributed by atoms with Crippen LogP contribution in [0.1, 0.15) is 58.1 Å². The largest absolute Gasteiger partial charge is 0.465 e. The van der Waals surface area contributed by atoms with Gasteiger partial charge in [0.25, 0.3) is 0 Å². The van der Waals surface area contributed by atoms with Gasteiger partial charge in [-0.1, -0.05) is 20.8 Å². The first-order valence-electron chi connectivity index (χ1n) is 8.53. The zero-order chi connectivity index (χ0) is 16.2. The Morgan fingerprint density at radius 2 is 1.95 bits per heavy atom. The van der Waals surface area contributed by atoms with Crippen LogP contribution in [0.25, 0.3) is 0 Å². The third kappa shape index (κ3) is 5.64. The number of hydrogen-bond acceptors (Lipinski definition) is 4. The number of aryl methyl sites for hydroxylation is 1. The number of furan rings is 1. The van der Waals surface area contributed by atoms with Gasteiger partial charge in [-0.2, -0.15) is 11.8 Å². The Kier molecular flexibility index (Phi) is 6.42. The predicted molar refractivity (Wildman–Crippen MR) is 96.7 cm³/mol. The Hall–Kier alpha value is -0.450. The molecule has 0 radical (unpaired) electrons. The average molecular weight is 325 g/mol. The van der Waals surface area contributed by atoms with E-state index >= 15 is 0 Å². The second-order valence-corrected chi connectivity index (χ2v) is 9.29. The minimum atomic E-state index is 0.336. The summed E-state index contributed by atoms with van der Waals surface area (Å²) < 4.78 is 6.25. The van der Waals surface area contributed by atoms with E-state index in [1.54, 1.807) is 0 Å². The number of nitrogens with zero attached hydrogens (tertiary/aromatic N) is 1. The van der Waals surface area contributed by atoms with E-state index < -0.39 is 0 Å². The molecule has 3 nitrogen and oxygen atoms in total. The van der Waals surface area contributed by atoms with E-state index in [0.717, 1.165) is 23.8 Å². The van der Waals surface area contributed by atoms with Gasteiger partial charge in [0.2, 0.25) is 0 Å². The van der Waals surface area contributed by atoms with Crippen molar-refractivity contribution in [3.63, 3.8) is 0 Å². The van der Waals surface area contributed by atoms with E-state index in [9.17, 15) is 0 Å². The molecule has 4 heteroatoms. The Morgan fingerprint density at radius 1 is 1.27 bits per heavy atom. The van der Waals surface area contributed by atoms with Crippen molar-refractivity contribution in [3.8, 4) is 0 Å². The van der Waals surface area contributed by atoms with Gasteiger partial charge in [0.05, 0.1) is 6.04 Å². The van der Waals surface area contributed by atoms with Gasteiger partial charge < -0.3 is 9.73 Å². The number of thioether (sulfide) groups is 1. The normalized spacial score (nSPS) is 19.5. The molecule has 2 atom stereocenters. The van der Waals surface area contributed by atoms with Crippen molar-refractivity contribution in [1.82, 2.24) is 10.2 Å². The molecule has 22 heavy (non-hydrogen) atoms. The lowest BCUT2D eigenvalue weighted by Crippen LogP contribution is -2.39. The lowest BCUT2D eigenvalue weighted by Gasteiger charge is -2.28. The van der Waals surface area contributed by atoms with Crippen LogP contribution in [0, 0.1) is 6.92 Å². The SMILES string of the molecule is Cc1ccc([C@@H](CN[C@@H](C)CSC(C)(C)C)N2CCCC2)o1. The zero-order valence-electron chi connectivity index (χ0n) is 14.8. The van der Waals surface area contributed by atoms with E-state index in [4.69, 9.17) is 4.42 Å². The third-order valence-corrected chi connectivity index (χ3v) is 5.63. The fourth-order valence-corrected chi connectivity index (χ4v) is 3.71. The summed E-state index contributed by atoms with van der Waals surface area (Å²) in [6, 6.07) is 5.12. The van der Waals surface area contributed by atoms with Crippen molar-refractivity contribution < 1.29 is 4.42 Å². The molecule has 1 aliphatic rings. The minimum absolute atomic E-state index is 0.336. The second kappa shape index (κ2) is 7.89. The molecule has 1 aliphatic heterocycles. The lowest BCUT2D eigenvalue weighted by molar-refractivity contribution is 0.205. The minimum Gasteiger partial charge on any atom is -0.465 e. The number of rotatable bonds is 7. The van der Waals surface area contributed by atoms with Crippen LogP contribution in [0.4, 0.5) is 0 Å². The van der Waals surface area contributed by atoms with Gasteiger partial charge >= 0.3 is 0 Å². The average Bonchev–Trinajstić information content (AvgIpc) is 3.08. The van der Waals surface area contributed by atoms with Crippen molar-refractivity contribution in [2.24, 2.45) is 0 Å². The molecule has 0 unspecified atom stereocenters. The summed E-state index contributed by atoms with van der Waals surface area (Å²) in [5.74, 6) is 3.27. The number of hydrogen-bond donors (Lipinski definition) is 1. The predicted octanol–water partition coefficient (Wildman–Crippen LogP) is 4.23. The monoisotopic (exact) mass is 324 g/mol. The highest BCUT2D eigenvalue weighted by Gasteiger charge is 2.26. The van der Waals surface area contributed by atoms with Crippen molar-refractivity contribution in [2.45, 2.75) is 64.3 Å². The second-order valence-electron chi connectivity index (χ2n) is 7.44. The summed E-state index contributed by atoms with van der Waals surface area (Å²) in [6.45, 7) is 14.5. The molecule has 0 spiro atoms. The molecule has 1 N–H and O–H groups in total. The van der Waals surface area contributed by atoms with E-state index in [1.807, 2.05) is 18.7 Å². The Balaban J connectivity index is 1.89. The van der Waals surface area contributed by atoms with Crippen LogP contribution in [0.3, 0.4) is 0 Å². The highest BCUT2D eigenvalue weighted by atomic mass is 32.2. The van der Waals surface area contributed by atoms with E-state index in [2.05, 4.69) is 50.0 Å². The Morgan fingerprint density at radius 3 is 2.50 bits per heavy atom. The molecule has 1 fully saturated rings. The summed E-state index contributed by atoms with van der Waals surface area (Å²) in [5, 5.41) is 3.72. The lowest BCUT2D eigenvalue weighted by atomic mass is 10.2. The van der Waals surface area contributed by atoms with Gasteiger partial charge in [-0.15, -0.1) is 0 Å². The highest BCUT2D eigenvalue weighted by molar-refractivity contribution is 8.00. The fourth-order valence-electron chi connectivity index (χ4n) is 2.84. The molecular formula is C18H32N2OS. The summed E-state index contributed by atoms with van der Waals surface area (Å²) in [7, 11) is 0. The first-order valence-corrected chi connectivity index (χ1v) is 9.51. The maximum atomic E-state index is 5.92. The Labute approximate surface area is 140 Å². The van der Waals surface area contributed by atoms with Gasteiger partial charge in [0, 0.05) is 23.1 Å². The maximum absolute atomic E-state index is 5.92.